The molecular formula is C12H14N6. The van der Waals surface area contributed by atoms with Crippen LogP contribution < -0.4 is 5.32 Å². The maximum Gasteiger partial charge on any atom is 0.243 e. The Labute approximate surface area is 104 Å². The predicted octanol–water partition coefficient (Wildman–Crippen LogP) is 1.43. The summed E-state index contributed by atoms with van der Waals surface area (Å²) in [4.78, 5) is 8.41. The molecule has 1 unspecified atom stereocenters. The van der Waals surface area contributed by atoms with Crippen molar-refractivity contribution >= 4 is 11.6 Å². The Morgan fingerprint density at radius 3 is 3.06 bits per heavy atom. The van der Waals surface area contributed by atoms with Crippen molar-refractivity contribution in [2.24, 2.45) is 0 Å². The molecule has 3 heterocycles. The summed E-state index contributed by atoms with van der Waals surface area (Å²) in [6.45, 7) is 2.92. The van der Waals surface area contributed by atoms with E-state index >= 15 is 0 Å². The van der Waals surface area contributed by atoms with E-state index in [-0.39, 0.29) is 6.04 Å². The predicted molar refractivity (Wildman–Crippen MR) is 68.3 cm³/mol. The van der Waals surface area contributed by atoms with Crippen LogP contribution in [0.2, 0.25) is 0 Å². The van der Waals surface area contributed by atoms with Crippen molar-refractivity contribution in [1.82, 2.24) is 24.1 Å². The van der Waals surface area contributed by atoms with Gasteiger partial charge in [-0.15, -0.1) is 5.10 Å². The van der Waals surface area contributed by atoms with Crippen molar-refractivity contribution in [3.05, 3.63) is 43.1 Å². The molecular weight excluding hydrogens is 228 g/mol. The molecule has 92 valence electrons. The Kier molecular flexibility index (Phi) is 2.68. The first-order valence-electron chi connectivity index (χ1n) is 5.85. The van der Waals surface area contributed by atoms with Crippen LogP contribution in [0.5, 0.6) is 0 Å². The minimum absolute atomic E-state index is 0.233. The fraction of sp³-hybridized carbons (Fsp3) is 0.250. The van der Waals surface area contributed by atoms with Gasteiger partial charge in [-0.3, -0.25) is 0 Å². The molecule has 6 heteroatoms. The quantitative estimate of drug-likeness (QED) is 0.751. The number of nitrogens with one attached hydrogen (secondary N) is 1. The molecule has 0 aliphatic carbocycles. The maximum atomic E-state index is 4.40. The third kappa shape index (κ3) is 2.17. The van der Waals surface area contributed by atoms with E-state index in [1.807, 2.05) is 35.2 Å². The number of hydrogen-bond acceptors (Lipinski definition) is 4. The molecule has 0 aromatic carbocycles. The molecule has 3 aromatic rings. The molecule has 0 saturated carbocycles. The summed E-state index contributed by atoms with van der Waals surface area (Å²) in [6, 6.07) is 6.04. The van der Waals surface area contributed by atoms with Crippen molar-refractivity contribution < 1.29 is 0 Å². The van der Waals surface area contributed by atoms with E-state index in [1.54, 1.807) is 17.0 Å². The van der Waals surface area contributed by atoms with E-state index in [9.17, 15) is 0 Å². The van der Waals surface area contributed by atoms with E-state index in [0.717, 1.165) is 12.2 Å². The normalized spacial score (nSPS) is 12.7. The summed E-state index contributed by atoms with van der Waals surface area (Å²) >= 11 is 0. The summed E-state index contributed by atoms with van der Waals surface area (Å²) < 4.78 is 3.78. The Morgan fingerprint density at radius 2 is 2.28 bits per heavy atom. The van der Waals surface area contributed by atoms with Gasteiger partial charge in [-0.2, -0.15) is 4.98 Å². The fourth-order valence-corrected chi connectivity index (χ4v) is 1.87. The number of nitrogens with zero attached hydrogens (tertiary/aromatic N) is 5. The largest absolute Gasteiger partial charge is 0.349 e. The van der Waals surface area contributed by atoms with E-state index in [4.69, 9.17) is 0 Å². The van der Waals surface area contributed by atoms with Gasteiger partial charge in [0.2, 0.25) is 5.95 Å². The van der Waals surface area contributed by atoms with Crippen LogP contribution >= 0.6 is 0 Å². The van der Waals surface area contributed by atoms with Crippen LogP contribution in [0.15, 0.2) is 43.1 Å². The van der Waals surface area contributed by atoms with Gasteiger partial charge in [-0.1, -0.05) is 6.07 Å². The van der Waals surface area contributed by atoms with Gasteiger partial charge < -0.3 is 9.88 Å². The molecule has 0 fully saturated rings. The Balaban J connectivity index is 1.71. The molecule has 0 spiro atoms. The SMILES string of the molecule is CC(Cn1ccnc1)Nc1nc2ccccn2n1. The smallest absolute Gasteiger partial charge is 0.243 e. The van der Waals surface area contributed by atoms with Crippen molar-refractivity contribution in [2.75, 3.05) is 5.32 Å². The third-order valence-electron chi connectivity index (χ3n) is 2.66. The first-order chi connectivity index (χ1) is 8.81. The van der Waals surface area contributed by atoms with E-state index in [1.165, 1.54) is 0 Å². The van der Waals surface area contributed by atoms with Crippen LogP contribution in [0.3, 0.4) is 0 Å². The van der Waals surface area contributed by atoms with Crippen molar-refractivity contribution in [1.29, 1.82) is 0 Å². The van der Waals surface area contributed by atoms with Crippen molar-refractivity contribution in [3.63, 3.8) is 0 Å². The minimum Gasteiger partial charge on any atom is -0.349 e. The highest BCUT2D eigenvalue weighted by Gasteiger charge is 2.07. The average Bonchev–Trinajstić information content (AvgIpc) is 2.96. The Hall–Kier alpha value is -2.37. The van der Waals surface area contributed by atoms with Crippen LogP contribution in [-0.2, 0) is 6.54 Å². The van der Waals surface area contributed by atoms with E-state index < -0.39 is 0 Å². The maximum absolute atomic E-state index is 4.40. The molecule has 0 aliphatic heterocycles. The Bertz CT molecular complexity index is 594. The van der Waals surface area contributed by atoms with Gasteiger partial charge in [0, 0.05) is 31.2 Å². The number of rotatable bonds is 4. The molecule has 0 radical (unpaired) electrons. The topological polar surface area (TPSA) is 60.0 Å². The highest BCUT2D eigenvalue weighted by atomic mass is 15.3. The van der Waals surface area contributed by atoms with Crippen LogP contribution in [0, 0.1) is 0 Å². The molecule has 0 saturated heterocycles. The first kappa shape index (κ1) is 10.8. The number of aromatic nitrogens is 5. The molecule has 0 bridgehead atoms. The van der Waals surface area contributed by atoms with Gasteiger partial charge in [0.25, 0.3) is 0 Å². The summed E-state index contributed by atoms with van der Waals surface area (Å²) in [5.41, 5.74) is 0.842. The number of imidazole rings is 1. The lowest BCUT2D eigenvalue weighted by atomic mass is 10.3. The average molecular weight is 242 g/mol. The van der Waals surface area contributed by atoms with E-state index in [2.05, 4.69) is 27.3 Å². The summed E-state index contributed by atoms with van der Waals surface area (Å²) in [5, 5.41) is 7.63. The lowest BCUT2D eigenvalue weighted by Gasteiger charge is -2.12. The lowest BCUT2D eigenvalue weighted by Crippen LogP contribution is -2.22. The molecule has 6 nitrogen and oxygen atoms in total. The summed E-state index contributed by atoms with van der Waals surface area (Å²) in [5.74, 6) is 0.647. The van der Waals surface area contributed by atoms with Gasteiger partial charge in [-0.25, -0.2) is 9.50 Å². The zero-order valence-electron chi connectivity index (χ0n) is 10.1. The minimum atomic E-state index is 0.233. The molecule has 3 rings (SSSR count). The van der Waals surface area contributed by atoms with Gasteiger partial charge in [0.15, 0.2) is 5.65 Å². The van der Waals surface area contributed by atoms with Crippen LogP contribution in [0.25, 0.3) is 5.65 Å². The number of pyridine rings is 1. The van der Waals surface area contributed by atoms with Crippen LogP contribution in [-0.4, -0.2) is 30.2 Å². The van der Waals surface area contributed by atoms with E-state index in [0.29, 0.717) is 5.95 Å². The van der Waals surface area contributed by atoms with Crippen molar-refractivity contribution in [2.45, 2.75) is 19.5 Å². The van der Waals surface area contributed by atoms with Gasteiger partial charge in [0.1, 0.15) is 0 Å². The van der Waals surface area contributed by atoms with Crippen LogP contribution in [0.1, 0.15) is 6.92 Å². The van der Waals surface area contributed by atoms with Gasteiger partial charge in [0.05, 0.1) is 6.33 Å². The van der Waals surface area contributed by atoms with Gasteiger partial charge >= 0.3 is 0 Å². The molecule has 0 aliphatic rings. The second-order valence-electron chi connectivity index (χ2n) is 4.24. The molecule has 3 aromatic heterocycles. The number of anilines is 1. The summed E-state index contributed by atoms with van der Waals surface area (Å²) in [7, 11) is 0. The molecule has 1 N–H and O–H groups in total. The first-order valence-corrected chi connectivity index (χ1v) is 5.85. The number of hydrogen-bond donors (Lipinski definition) is 1. The second-order valence-corrected chi connectivity index (χ2v) is 4.24. The third-order valence-corrected chi connectivity index (χ3v) is 2.66. The monoisotopic (exact) mass is 242 g/mol. The second kappa shape index (κ2) is 4.48. The van der Waals surface area contributed by atoms with Crippen LogP contribution in [0.4, 0.5) is 5.95 Å². The zero-order chi connectivity index (χ0) is 12.4. The fourth-order valence-electron chi connectivity index (χ4n) is 1.87. The number of fused-ring (bicyclic) bond motifs is 1. The van der Waals surface area contributed by atoms with Crippen molar-refractivity contribution in [3.8, 4) is 0 Å². The zero-order valence-corrected chi connectivity index (χ0v) is 10.1. The molecule has 18 heavy (non-hydrogen) atoms. The Morgan fingerprint density at radius 1 is 1.33 bits per heavy atom. The summed E-state index contributed by atoms with van der Waals surface area (Å²) in [6.07, 6.45) is 7.40. The highest BCUT2D eigenvalue weighted by Crippen LogP contribution is 2.06. The van der Waals surface area contributed by atoms with Gasteiger partial charge in [-0.05, 0) is 19.1 Å². The molecule has 0 amide bonds. The standard InChI is InChI=1S/C12H14N6/c1-10(8-17-7-5-13-9-17)14-12-15-11-4-2-3-6-18(11)16-12/h2-7,9-10H,8H2,1H3,(H,14,16). The molecule has 1 atom stereocenters. The lowest BCUT2D eigenvalue weighted by molar-refractivity contribution is 0.615. The highest BCUT2D eigenvalue weighted by molar-refractivity contribution is 5.43.